The fourth-order valence-corrected chi connectivity index (χ4v) is 1.63. The molecule has 1 fully saturated rings. The lowest BCUT2D eigenvalue weighted by atomic mass is 10.3. The predicted octanol–water partition coefficient (Wildman–Crippen LogP) is 2.38. The Labute approximate surface area is 75.2 Å². The van der Waals surface area contributed by atoms with E-state index >= 15 is 0 Å². The largest absolute Gasteiger partial charge is 0.459 e. The quantitative estimate of drug-likeness (QED) is 0.656. The number of carbonyl (C=O) groups excluding carboxylic acids is 1. The van der Waals surface area contributed by atoms with Gasteiger partial charge in [0, 0.05) is 10.3 Å². The van der Waals surface area contributed by atoms with E-state index in [1.807, 2.05) is 18.4 Å². The first-order valence-corrected chi connectivity index (χ1v) is 4.90. The van der Waals surface area contributed by atoms with Gasteiger partial charge in [0.1, 0.15) is 6.10 Å². The molecule has 1 saturated carbocycles. The highest BCUT2D eigenvalue weighted by Gasteiger charge is 2.26. The summed E-state index contributed by atoms with van der Waals surface area (Å²) in [5.74, 6) is -0.165. The van der Waals surface area contributed by atoms with Crippen molar-refractivity contribution in [3.05, 3.63) is 21.9 Å². The summed E-state index contributed by atoms with van der Waals surface area (Å²) in [7, 11) is 0. The van der Waals surface area contributed by atoms with Gasteiger partial charge in [0.2, 0.25) is 0 Å². The molecule has 64 valence electrons. The first-order chi connectivity index (χ1) is 5.75. The Balaban J connectivity index is 2.03. The van der Waals surface area contributed by atoms with E-state index in [1.54, 1.807) is 11.3 Å². The van der Waals surface area contributed by atoms with Crippen LogP contribution in [0.5, 0.6) is 0 Å². The SMILES string of the molecule is Cc1cc(C(=O)OC2CC2)cs1. The molecule has 0 N–H and O–H groups in total. The average Bonchev–Trinajstić information content (AvgIpc) is 2.72. The van der Waals surface area contributed by atoms with Gasteiger partial charge in [-0.15, -0.1) is 11.3 Å². The lowest BCUT2D eigenvalue weighted by Gasteiger charge is -1.98. The molecule has 1 aromatic rings. The monoisotopic (exact) mass is 182 g/mol. The summed E-state index contributed by atoms with van der Waals surface area (Å²) >= 11 is 1.58. The van der Waals surface area contributed by atoms with Crippen LogP contribution in [0.1, 0.15) is 28.1 Å². The van der Waals surface area contributed by atoms with Crippen molar-refractivity contribution in [2.24, 2.45) is 0 Å². The minimum atomic E-state index is -0.165. The summed E-state index contributed by atoms with van der Waals surface area (Å²) in [6.07, 6.45) is 2.28. The highest BCUT2D eigenvalue weighted by molar-refractivity contribution is 7.10. The van der Waals surface area contributed by atoms with Gasteiger partial charge in [-0.1, -0.05) is 0 Å². The topological polar surface area (TPSA) is 26.3 Å². The summed E-state index contributed by atoms with van der Waals surface area (Å²) in [4.78, 5) is 12.4. The summed E-state index contributed by atoms with van der Waals surface area (Å²) in [6, 6.07) is 1.87. The van der Waals surface area contributed by atoms with Crippen LogP contribution < -0.4 is 0 Å². The summed E-state index contributed by atoms with van der Waals surface area (Å²) in [5, 5.41) is 1.85. The summed E-state index contributed by atoms with van der Waals surface area (Å²) < 4.78 is 5.13. The lowest BCUT2D eigenvalue weighted by molar-refractivity contribution is 0.0473. The summed E-state index contributed by atoms with van der Waals surface area (Å²) in [5.41, 5.74) is 0.699. The van der Waals surface area contributed by atoms with Crippen LogP contribution in [0.25, 0.3) is 0 Å². The molecule has 0 amide bonds. The van der Waals surface area contributed by atoms with Crippen LogP contribution in [0.4, 0.5) is 0 Å². The second-order valence-electron chi connectivity index (χ2n) is 3.05. The normalized spacial score (nSPS) is 16.1. The molecule has 3 heteroatoms. The molecule has 1 aromatic heterocycles. The average molecular weight is 182 g/mol. The van der Waals surface area contributed by atoms with E-state index in [0.717, 1.165) is 17.7 Å². The van der Waals surface area contributed by atoms with Crippen molar-refractivity contribution in [2.45, 2.75) is 25.9 Å². The van der Waals surface area contributed by atoms with Crippen molar-refractivity contribution in [3.8, 4) is 0 Å². The van der Waals surface area contributed by atoms with Gasteiger partial charge >= 0.3 is 5.97 Å². The molecule has 0 aromatic carbocycles. The molecule has 2 rings (SSSR count). The standard InChI is InChI=1S/C9H10O2S/c1-6-4-7(5-12-6)9(10)11-8-2-3-8/h4-5,8H,2-3H2,1H3. The third-order valence-electron chi connectivity index (χ3n) is 1.76. The van der Waals surface area contributed by atoms with Crippen molar-refractivity contribution in [1.29, 1.82) is 0 Å². The van der Waals surface area contributed by atoms with Gasteiger partial charge in [0.05, 0.1) is 5.56 Å². The fourth-order valence-electron chi connectivity index (χ4n) is 0.956. The van der Waals surface area contributed by atoms with Crippen LogP contribution >= 0.6 is 11.3 Å². The maximum absolute atomic E-state index is 11.3. The molecule has 0 aliphatic heterocycles. The van der Waals surface area contributed by atoms with Crippen molar-refractivity contribution >= 4 is 17.3 Å². The van der Waals surface area contributed by atoms with E-state index in [1.165, 1.54) is 0 Å². The Hall–Kier alpha value is -0.830. The second kappa shape index (κ2) is 2.90. The lowest BCUT2D eigenvalue weighted by Crippen LogP contribution is -2.04. The minimum Gasteiger partial charge on any atom is -0.459 e. The Morgan fingerprint density at radius 2 is 2.42 bits per heavy atom. The number of thiophene rings is 1. The number of esters is 1. The van der Waals surface area contributed by atoms with Gasteiger partial charge in [0.25, 0.3) is 0 Å². The molecule has 0 bridgehead atoms. The van der Waals surface area contributed by atoms with E-state index in [2.05, 4.69) is 0 Å². The van der Waals surface area contributed by atoms with Crippen LogP contribution in [0.3, 0.4) is 0 Å². The maximum Gasteiger partial charge on any atom is 0.339 e. The molecule has 1 aliphatic carbocycles. The summed E-state index contributed by atoms with van der Waals surface area (Å²) in [6.45, 7) is 1.98. The highest BCUT2D eigenvalue weighted by Crippen LogP contribution is 2.25. The van der Waals surface area contributed by atoms with E-state index in [-0.39, 0.29) is 12.1 Å². The zero-order valence-corrected chi connectivity index (χ0v) is 7.69. The zero-order valence-electron chi connectivity index (χ0n) is 6.87. The van der Waals surface area contributed by atoms with Crippen LogP contribution in [0.2, 0.25) is 0 Å². The Morgan fingerprint density at radius 3 is 2.92 bits per heavy atom. The minimum absolute atomic E-state index is 0.165. The van der Waals surface area contributed by atoms with Gasteiger partial charge < -0.3 is 4.74 Å². The first kappa shape index (κ1) is 7.80. The third-order valence-corrected chi connectivity index (χ3v) is 2.63. The van der Waals surface area contributed by atoms with E-state index < -0.39 is 0 Å². The molecule has 0 radical (unpaired) electrons. The van der Waals surface area contributed by atoms with Gasteiger partial charge in [-0.25, -0.2) is 4.79 Å². The van der Waals surface area contributed by atoms with Crippen molar-refractivity contribution < 1.29 is 9.53 Å². The zero-order chi connectivity index (χ0) is 8.55. The first-order valence-electron chi connectivity index (χ1n) is 4.02. The molecular weight excluding hydrogens is 172 g/mol. The van der Waals surface area contributed by atoms with E-state index in [4.69, 9.17) is 4.74 Å². The molecule has 1 heterocycles. The van der Waals surface area contributed by atoms with Crippen LogP contribution in [0, 0.1) is 6.92 Å². The van der Waals surface area contributed by atoms with Crippen LogP contribution in [-0.4, -0.2) is 12.1 Å². The van der Waals surface area contributed by atoms with Gasteiger partial charge in [-0.2, -0.15) is 0 Å². The molecule has 1 aliphatic rings. The number of carbonyl (C=O) groups is 1. The second-order valence-corrected chi connectivity index (χ2v) is 4.17. The number of aryl methyl sites for hydroxylation is 1. The molecule has 0 unspecified atom stereocenters. The molecule has 0 spiro atoms. The number of rotatable bonds is 2. The van der Waals surface area contributed by atoms with E-state index in [9.17, 15) is 4.79 Å². The Bertz CT molecular complexity index is 299. The van der Waals surface area contributed by atoms with Gasteiger partial charge in [0.15, 0.2) is 0 Å². The maximum atomic E-state index is 11.3. The molecular formula is C9H10O2S. The third kappa shape index (κ3) is 1.67. The predicted molar refractivity (Wildman–Crippen MR) is 47.5 cm³/mol. The molecule has 0 atom stereocenters. The molecule has 2 nitrogen and oxygen atoms in total. The Kier molecular flexibility index (Phi) is 1.89. The number of ether oxygens (including phenoxy) is 1. The van der Waals surface area contributed by atoms with Crippen LogP contribution in [0.15, 0.2) is 11.4 Å². The Morgan fingerprint density at radius 1 is 1.67 bits per heavy atom. The smallest absolute Gasteiger partial charge is 0.339 e. The van der Waals surface area contributed by atoms with Crippen molar-refractivity contribution in [2.75, 3.05) is 0 Å². The van der Waals surface area contributed by atoms with Gasteiger partial charge in [-0.05, 0) is 25.8 Å². The van der Waals surface area contributed by atoms with E-state index in [0.29, 0.717) is 5.56 Å². The molecule has 0 saturated heterocycles. The number of hydrogen-bond acceptors (Lipinski definition) is 3. The van der Waals surface area contributed by atoms with Crippen molar-refractivity contribution in [1.82, 2.24) is 0 Å². The molecule has 12 heavy (non-hydrogen) atoms. The fraction of sp³-hybridized carbons (Fsp3) is 0.444. The van der Waals surface area contributed by atoms with Gasteiger partial charge in [-0.3, -0.25) is 0 Å². The highest BCUT2D eigenvalue weighted by atomic mass is 32.1. The van der Waals surface area contributed by atoms with Crippen LogP contribution in [-0.2, 0) is 4.74 Å². The van der Waals surface area contributed by atoms with Crippen molar-refractivity contribution in [3.63, 3.8) is 0 Å². The number of hydrogen-bond donors (Lipinski definition) is 0.